The molecule has 0 aliphatic carbocycles. The smallest absolute Gasteiger partial charge is 0.124 e. The number of benzene rings is 1. The molecule has 1 aromatic rings. The van der Waals surface area contributed by atoms with Crippen LogP contribution in [0, 0.1) is 6.92 Å². The summed E-state index contributed by atoms with van der Waals surface area (Å²) in [6.45, 7) is 2.87. The van der Waals surface area contributed by atoms with Gasteiger partial charge in [-0.05, 0) is 39.6 Å². The minimum absolute atomic E-state index is 0.461. The topological polar surface area (TPSA) is 32.7 Å². The van der Waals surface area contributed by atoms with Crippen LogP contribution >= 0.6 is 0 Å². The maximum Gasteiger partial charge on any atom is 0.124 e. The Morgan fingerprint density at radius 3 is 2.62 bits per heavy atom. The van der Waals surface area contributed by atoms with Crippen molar-refractivity contribution in [3.05, 3.63) is 29.3 Å². The number of aliphatic hydroxyl groups is 1. The van der Waals surface area contributed by atoms with Gasteiger partial charge in [0.15, 0.2) is 0 Å². The fourth-order valence-corrected chi connectivity index (χ4v) is 1.65. The third-order valence-corrected chi connectivity index (χ3v) is 2.59. The fourth-order valence-electron chi connectivity index (χ4n) is 1.65. The molecular formula is C13H21NO2. The van der Waals surface area contributed by atoms with Crippen molar-refractivity contribution in [3.8, 4) is 5.75 Å². The van der Waals surface area contributed by atoms with Gasteiger partial charge >= 0.3 is 0 Å². The number of methoxy groups -OCH3 is 1. The summed E-state index contributed by atoms with van der Waals surface area (Å²) in [5, 5.41) is 10.1. The van der Waals surface area contributed by atoms with Gasteiger partial charge in [-0.15, -0.1) is 0 Å². The summed E-state index contributed by atoms with van der Waals surface area (Å²) in [6, 6.07) is 5.88. The van der Waals surface area contributed by atoms with Gasteiger partial charge in [0.1, 0.15) is 5.75 Å². The molecule has 0 saturated carbocycles. The third kappa shape index (κ3) is 3.51. The Morgan fingerprint density at radius 2 is 2.06 bits per heavy atom. The first kappa shape index (κ1) is 13.0. The molecule has 0 fully saturated rings. The Kier molecular flexibility index (Phi) is 4.77. The summed E-state index contributed by atoms with van der Waals surface area (Å²) >= 11 is 0. The largest absolute Gasteiger partial charge is 0.496 e. The van der Waals surface area contributed by atoms with Gasteiger partial charge in [-0.3, -0.25) is 0 Å². The van der Waals surface area contributed by atoms with Crippen LogP contribution in [-0.2, 0) is 0 Å². The molecule has 0 spiro atoms. The number of aliphatic hydroxyl groups excluding tert-OH is 1. The van der Waals surface area contributed by atoms with Crippen LogP contribution in [0.3, 0.4) is 0 Å². The molecule has 0 amide bonds. The average molecular weight is 223 g/mol. The van der Waals surface area contributed by atoms with Crippen molar-refractivity contribution in [2.75, 3.05) is 27.7 Å². The minimum atomic E-state index is -0.461. The Balaban J connectivity index is 2.80. The molecule has 1 unspecified atom stereocenters. The van der Waals surface area contributed by atoms with Crippen LogP contribution in [-0.4, -0.2) is 37.8 Å². The van der Waals surface area contributed by atoms with Gasteiger partial charge in [0, 0.05) is 12.1 Å². The molecule has 0 heterocycles. The highest BCUT2D eigenvalue weighted by Crippen LogP contribution is 2.28. The molecule has 0 aliphatic heterocycles. The Bertz CT molecular complexity index is 337. The fraction of sp³-hybridized carbons (Fsp3) is 0.538. The Morgan fingerprint density at radius 1 is 1.38 bits per heavy atom. The molecule has 0 aliphatic rings. The van der Waals surface area contributed by atoms with Gasteiger partial charge in [-0.1, -0.05) is 11.6 Å². The van der Waals surface area contributed by atoms with Gasteiger partial charge in [-0.25, -0.2) is 0 Å². The second kappa shape index (κ2) is 5.87. The second-order valence-corrected chi connectivity index (χ2v) is 4.35. The quantitative estimate of drug-likeness (QED) is 0.828. The van der Waals surface area contributed by atoms with Crippen molar-refractivity contribution in [1.82, 2.24) is 4.90 Å². The first-order valence-electron chi connectivity index (χ1n) is 5.52. The van der Waals surface area contributed by atoms with Gasteiger partial charge in [0.2, 0.25) is 0 Å². The van der Waals surface area contributed by atoms with Crippen LogP contribution in [0.1, 0.15) is 23.7 Å². The summed E-state index contributed by atoms with van der Waals surface area (Å²) in [5.74, 6) is 0.761. The molecule has 1 aromatic carbocycles. The average Bonchev–Trinajstić information content (AvgIpc) is 2.25. The standard InChI is InChI=1S/C13H21NO2/c1-10-5-6-13(16-4)11(9-10)12(15)7-8-14(2)3/h5-6,9,12,15H,7-8H2,1-4H3. The zero-order chi connectivity index (χ0) is 12.1. The minimum Gasteiger partial charge on any atom is -0.496 e. The summed E-state index contributed by atoms with van der Waals surface area (Å²) in [6.07, 6.45) is 0.254. The molecule has 3 nitrogen and oxygen atoms in total. The molecule has 0 bridgehead atoms. The van der Waals surface area contributed by atoms with E-state index < -0.39 is 6.10 Å². The lowest BCUT2D eigenvalue weighted by Crippen LogP contribution is -2.16. The zero-order valence-electron chi connectivity index (χ0n) is 10.5. The van der Waals surface area contributed by atoms with E-state index in [1.807, 2.05) is 39.2 Å². The Labute approximate surface area is 97.7 Å². The monoisotopic (exact) mass is 223 g/mol. The van der Waals surface area contributed by atoms with Crippen molar-refractivity contribution in [3.63, 3.8) is 0 Å². The number of aryl methyl sites for hydroxylation is 1. The Hall–Kier alpha value is -1.06. The van der Waals surface area contributed by atoms with Gasteiger partial charge < -0.3 is 14.7 Å². The van der Waals surface area contributed by atoms with E-state index in [9.17, 15) is 5.11 Å². The number of hydrogen-bond donors (Lipinski definition) is 1. The van der Waals surface area contributed by atoms with Gasteiger partial charge in [-0.2, -0.15) is 0 Å². The molecule has 1 rings (SSSR count). The van der Waals surface area contributed by atoms with E-state index in [1.54, 1.807) is 7.11 Å². The van der Waals surface area contributed by atoms with Crippen molar-refractivity contribution in [2.45, 2.75) is 19.4 Å². The van der Waals surface area contributed by atoms with Gasteiger partial charge in [0.05, 0.1) is 13.2 Å². The highest BCUT2D eigenvalue weighted by molar-refractivity contribution is 5.38. The number of hydrogen-bond acceptors (Lipinski definition) is 3. The van der Waals surface area contributed by atoms with E-state index in [-0.39, 0.29) is 0 Å². The van der Waals surface area contributed by atoms with Crippen LogP contribution in [0.2, 0.25) is 0 Å². The maximum atomic E-state index is 10.1. The van der Waals surface area contributed by atoms with Crippen molar-refractivity contribution in [1.29, 1.82) is 0 Å². The molecule has 0 radical (unpaired) electrons. The van der Waals surface area contributed by atoms with Crippen LogP contribution in [0.4, 0.5) is 0 Å². The van der Waals surface area contributed by atoms with Crippen molar-refractivity contribution < 1.29 is 9.84 Å². The summed E-state index contributed by atoms with van der Waals surface area (Å²) in [5.41, 5.74) is 2.02. The van der Waals surface area contributed by atoms with Crippen LogP contribution in [0.15, 0.2) is 18.2 Å². The van der Waals surface area contributed by atoms with E-state index in [0.717, 1.165) is 23.4 Å². The lowest BCUT2D eigenvalue weighted by atomic mass is 10.0. The second-order valence-electron chi connectivity index (χ2n) is 4.35. The molecule has 16 heavy (non-hydrogen) atoms. The first-order chi connectivity index (χ1) is 7.54. The van der Waals surface area contributed by atoms with E-state index >= 15 is 0 Å². The predicted molar refractivity (Wildman–Crippen MR) is 65.9 cm³/mol. The third-order valence-electron chi connectivity index (χ3n) is 2.59. The predicted octanol–water partition coefficient (Wildman–Crippen LogP) is 1.99. The first-order valence-corrected chi connectivity index (χ1v) is 5.52. The summed E-state index contributed by atoms with van der Waals surface area (Å²) in [4.78, 5) is 2.06. The molecule has 3 heteroatoms. The molecule has 0 saturated heterocycles. The van der Waals surface area contributed by atoms with Crippen molar-refractivity contribution >= 4 is 0 Å². The highest BCUT2D eigenvalue weighted by Gasteiger charge is 2.13. The lowest BCUT2D eigenvalue weighted by Gasteiger charge is -2.17. The summed E-state index contributed by atoms with van der Waals surface area (Å²) in [7, 11) is 5.63. The highest BCUT2D eigenvalue weighted by atomic mass is 16.5. The lowest BCUT2D eigenvalue weighted by molar-refractivity contribution is 0.150. The van der Waals surface area contributed by atoms with Crippen LogP contribution in [0.25, 0.3) is 0 Å². The van der Waals surface area contributed by atoms with E-state index in [1.165, 1.54) is 0 Å². The van der Waals surface area contributed by atoms with E-state index in [4.69, 9.17) is 4.74 Å². The number of ether oxygens (including phenoxy) is 1. The maximum absolute atomic E-state index is 10.1. The SMILES string of the molecule is COc1ccc(C)cc1C(O)CCN(C)C. The van der Waals surface area contributed by atoms with Crippen LogP contribution < -0.4 is 4.74 Å². The molecule has 0 aromatic heterocycles. The van der Waals surface area contributed by atoms with Gasteiger partial charge in [0.25, 0.3) is 0 Å². The van der Waals surface area contributed by atoms with E-state index in [0.29, 0.717) is 6.42 Å². The van der Waals surface area contributed by atoms with Crippen LogP contribution in [0.5, 0.6) is 5.75 Å². The normalized spacial score (nSPS) is 12.9. The molecule has 90 valence electrons. The van der Waals surface area contributed by atoms with E-state index in [2.05, 4.69) is 4.90 Å². The summed E-state index contributed by atoms with van der Waals surface area (Å²) < 4.78 is 5.25. The molecule has 1 atom stereocenters. The number of rotatable bonds is 5. The number of nitrogens with zero attached hydrogens (tertiary/aromatic N) is 1. The molecular weight excluding hydrogens is 202 g/mol. The van der Waals surface area contributed by atoms with Crippen molar-refractivity contribution in [2.24, 2.45) is 0 Å². The molecule has 1 N–H and O–H groups in total. The zero-order valence-corrected chi connectivity index (χ0v) is 10.5.